The van der Waals surface area contributed by atoms with Gasteiger partial charge in [-0.05, 0) is 38.6 Å². The van der Waals surface area contributed by atoms with E-state index in [1.54, 1.807) is 16.6 Å². The highest BCUT2D eigenvalue weighted by Crippen LogP contribution is 2.25. The van der Waals surface area contributed by atoms with E-state index in [0.717, 1.165) is 17.0 Å². The molecule has 2 rings (SSSR count). The van der Waals surface area contributed by atoms with Gasteiger partial charge in [-0.2, -0.15) is 5.10 Å². The maximum atomic E-state index is 13.6. The standard InChI is InChI=1S/C17H22FN3O3/c1-10-14(11(2)21(4)19-10)8-20(3)16(17(23)24)12-5-6-15(18)13(7-12)9-22/h5-7,16,22H,8-9H2,1-4H3,(H,23,24)/t16-/m1/s1. The third-order valence-corrected chi connectivity index (χ3v) is 4.30. The lowest BCUT2D eigenvalue weighted by molar-refractivity contribution is -0.143. The summed E-state index contributed by atoms with van der Waals surface area (Å²) in [6, 6.07) is 3.07. The molecule has 0 amide bonds. The van der Waals surface area contributed by atoms with Crippen LogP contribution in [-0.4, -0.2) is 37.9 Å². The number of aliphatic hydroxyl groups is 1. The van der Waals surface area contributed by atoms with E-state index in [1.807, 2.05) is 20.9 Å². The Morgan fingerprint density at radius 3 is 2.58 bits per heavy atom. The van der Waals surface area contributed by atoms with Gasteiger partial charge in [0.1, 0.15) is 11.9 Å². The number of aliphatic carboxylic acids is 1. The van der Waals surface area contributed by atoms with Crippen LogP contribution in [0.2, 0.25) is 0 Å². The number of benzene rings is 1. The van der Waals surface area contributed by atoms with E-state index in [2.05, 4.69) is 5.10 Å². The fourth-order valence-corrected chi connectivity index (χ4v) is 2.86. The monoisotopic (exact) mass is 335 g/mol. The lowest BCUT2D eigenvalue weighted by atomic mass is 10.0. The van der Waals surface area contributed by atoms with Crippen molar-refractivity contribution < 1.29 is 19.4 Å². The Kier molecular flexibility index (Phi) is 5.36. The highest BCUT2D eigenvalue weighted by Gasteiger charge is 2.27. The van der Waals surface area contributed by atoms with Crippen molar-refractivity contribution in [2.45, 2.75) is 33.0 Å². The Bertz CT molecular complexity index is 758. The fourth-order valence-electron chi connectivity index (χ4n) is 2.86. The van der Waals surface area contributed by atoms with Crippen molar-refractivity contribution in [1.29, 1.82) is 0 Å². The normalized spacial score (nSPS) is 12.6. The predicted molar refractivity (Wildman–Crippen MR) is 86.8 cm³/mol. The summed E-state index contributed by atoms with van der Waals surface area (Å²) < 4.78 is 15.3. The Hall–Kier alpha value is -2.25. The van der Waals surface area contributed by atoms with Gasteiger partial charge in [0, 0.05) is 30.4 Å². The van der Waals surface area contributed by atoms with Gasteiger partial charge < -0.3 is 10.2 Å². The first-order chi connectivity index (χ1) is 11.3. The van der Waals surface area contributed by atoms with Crippen molar-refractivity contribution in [3.63, 3.8) is 0 Å². The maximum Gasteiger partial charge on any atom is 0.325 e. The molecule has 0 bridgehead atoms. The molecule has 1 aromatic carbocycles. The summed E-state index contributed by atoms with van der Waals surface area (Å²) in [6.07, 6.45) is 0. The van der Waals surface area contributed by atoms with Gasteiger partial charge >= 0.3 is 5.97 Å². The number of hydrogen-bond donors (Lipinski definition) is 2. The minimum absolute atomic E-state index is 0.0842. The summed E-state index contributed by atoms with van der Waals surface area (Å²) in [5.74, 6) is -1.58. The first-order valence-corrected chi connectivity index (χ1v) is 7.57. The SMILES string of the molecule is Cc1nn(C)c(C)c1CN(C)[C@@H](C(=O)O)c1ccc(F)c(CO)c1. The Labute approximate surface area is 140 Å². The summed E-state index contributed by atoms with van der Waals surface area (Å²) in [4.78, 5) is 13.4. The number of aromatic nitrogens is 2. The van der Waals surface area contributed by atoms with E-state index in [0.29, 0.717) is 12.1 Å². The Morgan fingerprint density at radius 2 is 2.08 bits per heavy atom. The van der Waals surface area contributed by atoms with Crippen LogP contribution in [0.3, 0.4) is 0 Å². The number of nitrogens with zero attached hydrogens (tertiary/aromatic N) is 3. The number of aryl methyl sites for hydroxylation is 2. The quantitative estimate of drug-likeness (QED) is 0.843. The molecule has 0 radical (unpaired) electrons. The third-order valence-electron chi connectivity index (χ3n) is 4.30. The molecule has 6 nitrogen and oxygen atoms in total. The zero-order chi connectivity index (χ0) is 18.0. The molecule has 0 aliphatic carbocycles. The van der Waals surface area contributed by atoms with E-state index < -0.39 is 24.4 Å². The molecule has 0 saturated carbocycles. The molecule has 0 fully saturated rings. The number of rotatable bonds is 6. The number of likely N-dealkylation sites (N-methyl/N-ethyl adjacent to an activating group) is 1. The summed E-state index contributed by atoms with van der Waals surface area (Å²) in [5, 5.41) is 23.2. The van der Waals surface area contributed by atoms with Crippen LogP contribution >= 0.6 is 0 Å². The molecule has 0 saturated heterocycles. The maximum absolute atomic E-state index is 13.6. The van der Waals surface area contributed by atoms with Crippen molar-refractivity contribution in [3.05, 3.63) is 52.1 Å². The summed E-state index contributed by atoms with van der Waals surface area (Å²) >= 11 is 0. The molecule has 130 valence electrons. The Balaban J connectivity index is 2.35. The zero-order valence-corrected chi connectivity index (χ0v) is 14.2. The molecule has 24 heavy (non-hydrogen) atoms. The van der Waals surface area contributed by atoms with Gasteiger partial charge in [0.25, 0.3) is 0 Å². The average Bonchev–Trinajstić information content (AvgIpc) is 2.75. The highest BCUT2D eigenvalue weighted by atomic mass is 19.1. The largest absolute Gasteiger partial charge is 0.480 e. The van der Waals surface area contributed by atoms with Gasteiger partial charge in [0.2, 0.25) is 0 Å². The molecule has 2 aromatic rings. The molecule has 1 atom stereocenters. The summed E-state index contributed by atoms with van der Waals surface area (Å²) in [5.41, 5.74) is 3.30. The molecule has 0 spiro atoms. The van der Waals surface area contributed by atoms with Crippen molar-refractivity contribution in [2.75, 3.05) is 7.05 Å². The van der Waals surface area contributed by atoms with Crippen LogP contribution in [0, 0.1) is 19.7 Å². The van der Waals surface area contributed by atoms with Crippen LogP contribution in [0.15, 0.2) is 18.2 Å². The van der Waals surface area contributed by atoms with Crippen LogP contribution in [0.25, 0.3) is 0 Å². The van der Waals surface area contributed by atoms with Crippen LogP contribution in [0.1, 0.15) is 34.1 Å². The lowest BCUT2D eigenvalue weighted by Gasteiger charge is -2.25. The number of carboxylic acids is 1. The molecule has 0 aliphatic rings. The fraction of sp³-hybridized carbons (Fsp3) is 0.412. The van der Waals surface area contributed by atoms with Crippen LogP contribution in [0.4, 0.5) is 4.39 Å². The first-order valence-electron chi connectivity index (χ1n) is 7.57. The van der Waals surface area contributed by atoms with E-state index in [4.69, 9.17) is 0 Å². The zero-order valence-electron chi connectivity index (χ0n) is 14.2. The molecule has 7 heteroatoms. The van der Waals surface area contributed by atoms with Crippen molar-refractivity contribution in [3.8, 4) is 0 Å². The van der Waals surface area contributed by atoms with Gasteiger partial charge in [-0.1, -0.05) is 6.07 Å². The number of carboxylic acid groups (broad SMARTS) is 1. The third kappa shape index (κ3) is 3.47. The number of halogens is 1. The molecule has 1 heterocycles. The van der Waals surface area contributed by atoms with Crippen LogP contribution in [-0.2, 0) is 25.0 Å². The minimum Gasteiger partial charge on any atom is -0.480 e. The number of aliphatic hydroxyl groups excluding tert-OH is 1. The second kappa shape index (κ2) is 7.11. The average molecular weight is 335 g/mol. The van der Waals surface area contributed by atoms with Gasteiger partial charge in [0.05, 0.1) is 12.3 Å². The number of hydrogen-bond acceptors (Lipinski definition) is 4. The molecule has 0 unspecified atom stereocenters. The molecule has 2 N–H and O–H groups in total. The smallest absolute Gasteiger partial charge is 0.325 e. The van der Waals surface area contributed by atoms with E-state index in [9.17, 15) is 19.4 Å². The number of carbonyl (C=O) groups is 1. The predicted octanol–water partition coefficient (Wildman–Crippen LogP) is 1.93. The topological polar surface area (TPSA) is 78.6 Å². The van der Waals surface area contributed by atoms with Gasteiger partial charge in [-0.3, -0.25) is 14.4 Å². The van der Waals surface area contributed by atoms with E-state index >= 15 is 0 Å². The van der Waals surface area contributed by atoms with Crippen LogP contribution < -0.4 is 0 Å². The van der Waals surface area contributed by atoms with Crippen molar-refractivity contribution >= 4 is 5.97 Å². The van der Waals surface area contributed by atoms with Crippen molar-refractivity contribution in [2.24, 2.45) is 7.05 Å². The van der Waals surface area contributed by atoms with Gasteiger partial charge in [-0.25, -0.2) is 4.39 Å². The van der Waals surface area contributed by atoms with Crippen LogP contribution in [0.5, 0.6) is 0 Å². The van der Waals surface area contributed by atoms with E-state index in [1.165, 1.54) is 18.2 Å². The minimum atomic E-state index is -1.04. The molecule has 1 aromatic heterocycles. The van der Waals surface area contributed by atoms with Gasteiger partial charge in [-0.15, -0.1) is 0 Å². The molecular weight excluding hydrogens is 313 g/mol. The summed E-state index contributed by atoms with van der Waals surface area (Å²) in [7, 11) is 3.54. The summed E-state index contributed by atoms with van der Waals surface area (Å²) in [6.45, 7) is 3.74. The van der Waals surface area contributed by atoms with E-state index in [-0.39, 0.29) is 5.56 Å². The highest BCUT2D eigenvalue weighted by molar-refractivity contribution is 5.75. The molecule has 0 aliphatic heterocycles. The van der Waals surface area contributed by atoms with Gasteiger partial charge in [0.15, 0.2) is 0 Å². The second-order valence-electron chi connectivity index (χ2n) is 5.94. The first kappa shape index (κ1) is 18.1. The second-order valence-corrected chi connectivity index (χ2v) is 5.94. The van der Waals surface area contributed by atoms with Crippen molar-refractivity contribution in [1.82, 2.24) is 14.7 Å². The molecular formula is C17H22FN3O3. The Morgan fingerprint density at radius 1 is 1.42 bits per heavy atom. The lowest BCUT2D eigenvalue weighted by Crippen LogP contribution is -2.31.